The van der Waals surface area contributed by atoms with Gasteiger partial charge in [-0.1, -0.05) is 19.4 Å². The molecule has 0 bridgehead atoms. The van der Waals surface area contributed by atoms with Crippen molar-refractivity contribution in [1.29, 1.82) is 0 Å². The fourth-order valence-corrected chi connectivity index (χ4v) is 1.98. The summed E-state index contributed by atoms with van der Waals surface area (Å²) in [6.07, 6.45) is -4.13. The minimum Gasteiger partial charge on any atom is -0.391 e. The number of carbonyl (C=O) groups is 2. The number of amides is 2. The van der Waals surface area contributed by atoms with Crippen LogP contribution in [0.15, 0.2) is 18.2 Å². The molecule has 1 aromatic carbocycles. The second kappa shape index (κ2) is 7.96. The lowest BCUT2D eigenvalue weighted by Crippen LogP contribution is -2.39. The summed E-state index contributed by atoms with van der Waals surface area (Å²) in [5, 5.41) is 13.8. The van der Waals surface area contributed by atoms with Gasteiger partial charge < -0.3 is 15.7 Å². The van der Waals surface area contributed by atoms with E-state index in [2.05, 4.69) is 10.6 Å². The Kier molecular flexibility index (Phi) is 6.56. The van der Waals surface area contributed by atoms with Crippen LogP contribution in [0.1, 0.15) is 30.9 Å². The first-order valence-corrected chi connectivity index (χ1v) is 7.10. The predicted octanol–water partition coefficient (Wildman–Crippen LogP) is 2.23. The first kappa shape index (κ1) is 19.0. The largest absolute Gasteiger partial charge is 0.416 e. The molecule has 0 aliphatic rings. The summed E-state index contributed by atoms with van der Waals surface area (Å²) in [4.78, 5) is 23.3. The molecule has 8 heteroatoms. The standard InChI is InChI=1S/C15H19F3N2O3/c1-3-5-10(21)8-19-13(22)14(23)20-12-7-4-6-11(9(12)2)15(16,17)18/h4,6-7,10,21H,3,5,8H2,1-2H3,(H,19,22)(H,20,23). The Balaban J connectivity index is 2.73. The van der Waals surface area contributed by atoms with E-state index < -0.39 is 29.7 Å². The molecular weight excluding hydrogens is 313 g/mol. The van der Waals surface area contributed by atoms with Crippen molar-refractivity contribution in [2.75, 3.05) is 11.9 Å². The summed E-state index contributed by atoms with van der Waals surface area (Å²) < 4.78 is 38.4. The molecule has 1 rings (SSSR count). The Morgan fingerprint density at radius 2 is 1.91 bits per heavy atom. The summed E-state index contributed by atoms with van der Waals surface area (Å²) in [5.41, 5.74) is -1.14. The summed E-state index contributed by atoms with van der Waals surface area (Å²) >= 11 is 0. The minimum absolute atomic E-state index is 0.0888. The maximum absolute atomic E-state index is 12.8. The summed E-state index contributed by atoms with van der Waals surface area (Å²) in [5.74, 6) is -2.10. The number of alkyl halides is 3. The fourth-order valence-electron chi connectivity index (χ4n) is 1.98. The Morgan fingerprint density at radius 1 is 1.26 bits per heavy atom. The number of anilines is 1. The van der Waals surface area contributed by atoms with E-state index in [4.69, 9.17) is 0 Å². The van der Waals surface area contributed by atoms with Crippen molar-refractivity contribution < 1.29 is 27.9 Å². The zero-order valence-electron chi connectivity index (χ0n) is 12.8. The molecule has 128 valence electrons. The van der Waals surface area contributed by atoms with Gasteiger partial charge in [0.15, 0.2) is 0 Å². The van der Waals surface area contributed by atoms with Gasteiger partial charge >= 0.3 is 18.0 Å². The van der Waals surface area contributed by atoms with Crippen molar-refractivity contribution in [2.24, 2.45) is 0 Å². The van der Waals surface area contributed by atoms with Crippen molar-refractivity contribution in [3.05, 3.63) is 29.3 Å². The van der Waals surface area contributed by atoms with Crippen LogP contribution in [0.25, 0.3) is 0 Å². The highest BCUT2D eigenvalue weighted by atomic mass is 19.4. The molecule has 5 nitrogen and oxygen atoms in total. The lowest BCUT2D eigenvalue weighted by molar-refractivity contribution is -0.138. The topological polar surface area (TPSA) is 78.4 Å². The van der Waals surface area contributed by atoms with Gasteiger partial charge in [0.2, 0.25) is 0 Å². The number of halogens is 3. The fraction of sp³-hybridized carbons (Fsp3) is 0.467. The minimum atomic E-state index is -4.54. The third-order valence-electron chi connectivity index (χ3n) is 3.21. The number of aliphatic hydroxyl groups excluding tert-OH is 1. The normalized spacial score (nSPS) is 12.6. The maximum atomic E-state index is 12.8. The monoisotopic (exact) mass is 332 g/mol. The van der Waals surface area contributed by atoms with Gasteiger partial charge in [0.25, 0.3) is 0 Å². The molecule has 0 saturated carbocycles. The van der Waals surface area contributed by atoms with Crippen LogP contribution in [-0.2, 0) is 15.8 Å². The van der Waals surface area contributed by atoms with Crippen molar-refractivity contribution in [2.45, 2.75) is 39.0 Å². The van der Waals surface area contributed by atoms with Crippen LogP contribution < -0.4 is 10.6 Å². The zero-order chi connectivity index (χ0) is 17.6. The second-order valence-electron chi connectivity index (χ2n) is 5.08. The molecule has 1 unspecified atom stereocenters. The molecule has 0 radical (unpaired) electrons. The first-order chi connectivity index (χ1) is 10.7. The molecule has 3 N–H and O–H groups in total. The van der Waals surface area contributed by atoms with Crippen LogP contribution in [0.4, 0.5) is 18.9 Å². The third-order valence-corrected chi connectivity index (χ3v) is 3.21. The Morgan fingerprint density at radius 3 is 2.48 bits per heavy atom. The molecule has 23 heavy (non-hydrogen) atoms. The molecule has 0 aliphatic carbocycles. The molecule has 2 amide bonds. The molecule has 0 heterocycles. The molecule has 0 fully saturated rings. The lowest BCUT2D eigenvalue weighted by atomic mass is 10.1. The van der Waals surface area contributed by atoms with Gasteiger partial charge in [0.1, 0.15) is 0 Å². The van der Waals surface area contributed by atoms with Crippen LogP contribution in [0.5, 0.6) is 0 Å². The SMILES string of the molecule is CCCC(O)CNC(=O)C(=O)Nc1cccc(C(F)(F)F)c1C. The van der Waals surface area contributed by atoms with E-state index >= 15 is 0 Å². The number of carbonyl (C=O) groups excluding carboxylic acids is 2. The van der Waals surface area contributed by atoms with Crippen LogP contribution >= 0.6 is 0 Å². The quantitative estimate of drug-likeness (QED) is 0.724. The Labute approximate surface area is 131 Å². The summed E-state index contributed by atoms with van der Waals surface area (Å²) in [7, 11) is 0. The van der Waals surface area contributed by atoms with E-state index in [1.807, 2.05) is 6.92 Å². The van der Waals surface area contributed by atoms with Gasteiger partial charge in [-0.25, -0.2) is 0 Å². The van der Waals surface area contributed by atoms with Gasteiger partial charge in [-0.05, 0) is 31.0 Å². The number of rotatable bonds is 5. The van der Waals surface area contributed by atoms with Gasteiger partial charge in [-0.15, -0.1) is 0 Å². The van der Waals surface area contributed by atoms with E-state index in [-0.39, 0.29) is 17.8 Å². The maximum Gasteiger partial charge on any atom is 0.416 e. The average molecular weight is 332 g/mol. The number of hydrogen-bond acceptors (Lipinski definition) is 3. The van der Waals surface area contributed by atoms with Crippen LogP contribution in [-0.4, -0.2) is 29.6 Å². The molecule has 0 aromatic heterocycles. The van der Waals surface area contributed by atoms with Crippen LogP contribution in [0, 0.1) is 6.92 Å². The number of nitrogens with one attached hydrogen (secondary N) is 2. The van der Waals surface area contributed by atoms with E-state index in [9.17, 15) is 27.9 Å². The lowest BCUT2D eigenvalue weighted by Gasteiger charge is -2.15. The molecule has 1 aromatic rings. The Bertz CT molecular complexity index is 574. The summed E-state index contributed by atoms with van der Waals surface area (Å²) in [6.45, 7) is 2.97. The van der Waals surface area contributed by atoms with Gasteiger partial charge in [0, 0.05) is 12.2 Å². The smallest absolute Gasteiger partial charge is 0.391 e. The predicted molar refractivity (Wildman–Crippen MR) is 78.7 cm³/mol. The van der Waals surface area contributed by atoms with E-state index in [1.165, 1.54) is 13.0 Å². The molecule has 0 spiro atoms. The van der Waals surface area contributed by atoms with E-state index in [0.717, 1.165) is 12.1 Å². The van der Waals surface area contributed by atoms with Crippen molar-refractivity contribution >= 4 is 17.5 Å². The first-order valence-electron chi connectivity index (χ1n) is 7.10. The van der Waals surface area contributed by atoms with Gasteiger partial charge in [0.05, 0.1) is 11.7 Å². The highest BCUT2D eigenvalue weighted by Gasteiger charge is 2.33. The van der Waals surface area contributed by atoms with Gasteiger partial charge in [-0.3, -0.25) is 9.59 Å². The van der Waals surface area contributed by atoms with Crippen molar-refractivity contribution in [1.82, 2.24) is 5.32 Å². The van der Waals surface area contributed by atoms with E-state index in [0.29, 0.717) is 12.8 Å². The second-order valence-corrected chi connectivity index (χ2v) is 5.08. The molecule has 0 saturated heterocycles. The highest BCUT2D eigenvalue weighted by molar-refractivity contribution is 6.39. The van der Waals surface area contributed by atoms with Gasteiger partial charge in [-0.2, -0.15) is 13.2 Å². The Hall–Kier alpha value is -2.09. The molecule has 1 atom stereocenters. The summed E-state index contributed by atoms with van der Waals surface area (Å²) in [6, 6.07) is 3.32. The molecule has 0 aliphatic heterocycles. The van der Waals surface area contributed by atoms with Crippen LogP contribution in [0.2, 0.25) is 0 Å². The van der Waals surface area contributed by atoms with Crippen molar-refractivity contribution in [3.63, 3.8) is 0 Å². The zero-order valence-corrected chi connectivity index (χ0v) is 12.8. The van der Waals surface area contributed by atoms with Crippen LogP contribution in [0.3, 0.4) is 0 Å². The number of aliphatic hydroxyl groups is 1. The highest BCUT2D eigenvalue weighted by Crippen LogP contribution is 2.34. The van der Waals surface area contributed by atoms with E-state index in [1.54, 1.807) is 0 Å². The molecular formula is C15H19F3N2O3. The average Bonchev–Trinajstić information content (AvgIpc) is 2.45. The van der Waals surface area contributed by atoms with Crippen molar-refractivity contribution in [3.8, 4) is 0 Å². The number of benzene rings is 1. The number of hydrogen-bond donors (Lipinski definition) is 3. The third kappa shape index (κ3) is 5.55.